The van der Waals surface area contributed by atoms with Crippen molar-refractivity contribution in [1.82, 2.24) is 4.72 Å². The second-order valence-electron chi connectivity index (χ2n) is 4.93. The first kappa shape index (κ1) is 18.3. The number of carbonyl (C=O) groups is 1. The average Bonchev–Trinajstić information content (AvgIpc) is 2.53. The molecule has 0 radical (unpaired) electrons. The van der Waals surface area contributed by atoms with E-state index in [1.165, 1.54) is 24.3 Å². The van der Waals surface area contributed by atoms with Gasteiger partial charge in [0.1, 0.15) is 5.75 Å². The summed E-state index contributed by atoms with van der Waals surface area (Å²) in [4.78, 5) is 10.6. The van der Waals surface area contributed by atoms with Crippen LogP contribution >= 0.6 is 11.6 Å². The number of rotatable bonds is 8. The van der Waals surface area contributed by atoms with Crippen molar-refractivity contribution in [3.05, 3.63) is 59.1 Å². The van der Waals surface area contributed by atoms with Crippen LogP contribution in [0.25, 0.3) is 0 Å². The van der Waals surface area contributed by atoms with Crippen LogP contribution in [0.2, 0.25) is 5.02 Å². The van der Waals surface area contributed by atoms with Crippen molar-refractivity contribution >= 4 is 27.6 Å². The van der Waals surface area contributed by atoms with Crippen LogP contribution in [0.1, 0.15) is 5.56 Å². The zero-order valence-corrected chi connectivity index (χ0v) is 14.2. The van der Waals surface area contributed by atoms with E-state index in [1.54, 1.807) is 18.2 Å². The number of sulfonamides is 1. The molecule has 0 spiro atoms. The van der Waals surface area contributed by atoms with E-state index in [1.807, 2.05) is 6.07 Å². The highest BCUT2D eigenvalue weighted by molar-refractivity contribution is 7.89. The Morgan fingerprint density at radius 3 is 2.54 bits per heavy atom. The smallest absolute Gasteiger partial charge is 0.341 e. The highest BCUT2D eigenvalue weighted by atomic mass is 35.5. The van der Waals surface area contributed by atoms with Crippen LogP contribution in [0.15, 0.2) is 53.4 Å². The van der Waals surface area contributed by atoms with Gasteiger partial charge in [0.05, 0.1) is 4.90 Å². The van der Waals surface area contributed by atoms with E-state index in [0.717, 1.165) is 5.56 Å². The fourth-order valence-electron chi connectivity index (χ4n) is 1.96. The third kappa shape index (κ3) is 5.52. The van der Waals surface area contributed by atoms with Gasteiger partial charge >= 0.3 is 5.97 Å². The van der Waals surface area contributed by atoms with Gasteiger partial charge in [0.15, 0.2) is 6.61 Å². The van der Waals surface area contributed by atoms with E-state index in [9.17, 15) is 13.2 Å². The molecule has 0 unspecified atom stereocenters. The molecule has 0 aliphatic heterocycles. The Balaban J connectivity index is 1.92. The number of aliphatic carboxylic acids is 1. The zero-order valence-electron chi connectivity index (χ0n) is 12.6. The maximum absolute atomic E-state index is 12.1. The molecule has 6 nitrogen and oxygen atoms in total. The number of carboxylic acids is 1. The molecule has 2 aromatic carbocycles. The summed E-state index contributed by atoms with van der Waals surface area (Å²) in [7, 11) is -3.60. The maximum atomic E-state index is 12.1. The van der Waals surface area contributed by atoms with Gasteiger partial charge in [-0.05, 0) is 48.4 Å². The Kier molecular flexibility index (Phi) is 6.19. The van der Waals surface area contributed by atoms with Crippen molar-refractivity contribution in [2.75, 3.05) is 13.2 Å². The van der Waals surface area contributed by atoms with E-state index in [2.05, 4.69) is 4.72 Å². The van der Waals surface area contributed by atoms with E-state index in [4.69, 9.17) is 21.4 Å². The molecule has 24 heavy (non-hydrogen) atoms. The summed E-state index contributed by atoms with van der Waals surface area (Å²) < 4.78 is 31.9. The third-order valence-corrected chi connectivity index (χ3v) is 4.82. The molecule has 0 aliphatic rings. The summed E-state index contributed by atoms with van der Waals surface area (Å²) in [5, 5.41) is 9.06. The van der Waals surface area contributed by atoms with Crippen molar-refractivity contribution in [1.29, 1.82) is 0 Å². The van der Waals surface area contributed by atoms with Gasteiger partial charge in [-0.3, -0.25) is 0 Å². The van der Waals surface area contributed by atoms with Crippen LogP contribution in [0, 0.1) is 0 Å². The van der Waals surface area contributed by atoms with Gasteiger partial charge in [0, 0.05) is 11.6 Å². The van der Waals surface area contributed by atoms with E-state index in [0.29, 0.717) is 17.2 Å². The summed E-state index contributed by atoms with van der Waals surface area (Å²) in [6.07, 6.45) is 0.442. The fourth-order valence-corrected chi connectivity index (χ4v) is 3.12. The summed E-state index contributed by atoms with van der Waals surface area (Å²) >= 11 is 5.74. The highest BCUT2D eigenvalue weighted by Crippen LogP contribution is 2.15. The predicted octanol–water partition coefficient (Wildman–Crippen LogP) is 2.32. The van der Waals surface area contributed by atoms with Crippen molar-refractivity contribution in [2.45, 2.75) is 11.3 Å². The van der Waals surface area contributed by atoms with E-state index in [-0.39, 0.29) is 11.4 Å². The predicted molar refractivity (Wildman–Crippen MR) is 89.9 cm³/mol. The lowest BCUT2D eigenvalue weighted by Crippen LogP contribution is -2.25. The minimum atomic E-state index is -3.60. The molecule has 2 rings (SSSR count). The maximum Gasteiger partial charge on any atom is 0.341 e. The van der Waals surface area contributed by atoms with Gasteiger partial charge < -0.3 is 9.84 Å². The lowest BCUT2D eigenvalue weighted by molar-refractivity contribution is -0.139. The molecular weight excluding hydrogens is 354 g/mol. The average molecular weight is 370 g/mol. The SMILES string of the molecule is O=C(O)COc1cccc(CCNS(=O)(=O)c2ccc(Cl)cc2)c1. The minimum absolute atomic E-state index is 0.144. The van der Waals surface area contributed by atoms with Gasteiger partial charge in [-0.1, -0.05) is 23.7 Å². The van der Waals surface area contributed by atoms with Crippen LogP contribution in [0.5, 0.6) is 5.75 Å². The minimum Gasteiger partial charge on any atom is -0.482 e. The number of benzene rings is 2. The van der Waals surface area contributed by atoms with Crippen LogP contribution in [0.3, 0.4) is 0 Å². The molecule has 0 atom stereocenters. The number of nitrogens with one attached hydrogen (secondary N) is 1. The molecule has 0 bridgehead atoms. The molecule has 0 aromatic heterocycles. The van der Waals surface area contributed by atoms with Gasteiger partial charge in [-0.2, -0.15) is 0 Å². The second-order valence-corrected chi connectivity index (χ2v) is 7.13. The zero-order chi connectivity index (χ0) is 17.6. The Morgan fingerprint density at radius 1 is 1.17 bits per heavy atom. The van der Waals surface area contributed by atoms with Crippen LogP contribution in [0.4, 0.5) is 0 Å². The first-order chi connectivity index (χ1) is 11.4. The van der Waals surface area contributed by atoms with Crippen molar-refractivity contribution in [2.24, 2.45) is 0 Å². The molecule has 0 aliphatic carbocycles. The standard InChI is InChI=1S/C16H16ClNO5S/c17-13-4-6-15(7-5-13)24(21,22)18-9-8-12-2-1-3-14(10-12)23-11-16(19)20/h1-7,10,18H,8-9,11H2,(H,19,20). The molecule has 8 heteroatoms. The molecule has 2 aromatic rings. The number of hydrogen-bond donors (Lipinski definition) is 2. The molecule has 128 valence electrons. The molecule has 0 saturated heterocycles. The van der Waals surface area contributed by atoms with Crippen LogP contribution < -0.4 is 9.46 Å². The van der Waals surface area contributed by atoms with Crippen LogP contribution in [-0.2, 0) is 21.2 Å². The fraction of sp³-hybridized carbons (Fsp3) is 0.188. The summed E-state index contributed by atoms with van der Waals surface area (Å²) in [5.74, 6) is -0.633. The molecular formula is C16H16ClNO5S. The van der Waals surface area contributed by atoms with Crippen LogP contribution in [-0.4, -0.2) is 32.6 Å². The Hall–Kier alpha value is -2.09. The summed E-state index contributed by atoms with van der Waals surface area (Å²) in [6.45, 7) is -0.222. The molecule has 0 saturated carbocycles. The van der Waals surface area contributed by atoms with Gasteiger partial charge in [0.2, 0.25) is 10.0 Å². The molecule has 0 heterocycles. The first-order valence-electron chi connectivity index (χ1n) is 7.05. The van der Waals surface area contributed by atoms with Gasteiger partial charge in [-0.25, -0.2) is 17.9 Å². The molecule has 0 amide bonds. The Bertz CT molecular complexity index is 805. The lowest BCUT2D eigenvalue weighted by Gasteiger charge is -2.08. The topological polar surface area (TPSA) is 92.7 Å². The highest BCUT2D eigenvalue weighted by Gasteiger charge is 2.13. The largest absolute Gasteiger partial charge is 0.482 e. The molecule has 0 fully saturated rings. The normalized spacial score (nSPS) is 11.2. The second kappa shape index (κ2) is 8.14. The number of hydrogen-bond acceptors (Lipinski definition) is 4. The Morgan fingerprint density at radius 2 is 1.88 bits per heavy atom. The van der Waals surface area contributed by atoms with E-state index >= 15 is 0 Å². The lowest BCUT2D eigenvalue weighted by atomic mass is 10.1. The van der Waals surface area contributed by atoms with Crippen molar-refractivity contribution < 1.29 is 23.1 Å². The van der Waals surface area contributed by atoms with Gasteiger partial charge in [-0.15, -0.1) is 0 Å². The third-order valence-electron chi connectivity index (χ3n) is 3.09. The van der Waals surface area contributed by atoms with E-state index < -0.39 is 22.6 Å². The quantitative estimate of drug-likeness (QED) is 0.745. The number of carboxylic acid groups (broad SMARTS) is 1. The Labute approximate surface area is 145 Å². The van der Waals surface area contributed by atoms with Crippen molar-refractivity contribution in [3.63, 3.8) is 0 Å². The monoisotopic (exact) mass is 369 g/mol. The number of ether oxygens (including phenoxy) is 1. The summed E-state index contributed by atoms with van der Waals surface area (Å²) in [6, 6.07) is 12.8. The molecule has 2 N–H and O–H groups in total. The van der Waals surface area contributed by atoms with Crippen molar-refractivity contribution in [3.8, 4) is 5.75 Å². The first-order valence-corrected chi connectivity index (χ1v) is 8.92. The number of halogens is 1. The summed E-state index contributed by atoms with van der Waals surface area (Å²) in [5.41, 5.74) is 0.830. The van der Waals surface area contributed by atoms with Gasteiger partial charge in [0.25, 0.3) is 0 Å².